The first-order chi connectivity index (χ1) is 11.0. The first-order valence-electron chi connectivity index (χ1n) is 7.53. The van der Waals surface area contributed by atoms with Gasteiger partial charge < -0.3 is 19.9 Å². The zero-order chi connectivity index (χ0) is 16.8. The maximum atomic E-state index is 12.3. The van der Waals surface area contributed by atoms with E-state index in [0.717, 1.165) is 19.6 Å². The van der Waals surface area contributed by atoms with Crippen LogP contribution in [0.3, 0.4) is 0 Å². The number of esters is 1. The number of nitrogens with one attached hydrogen (secondary N) is 1. The molecule has 7 nitrogen and oxygen atoms in total. The van der Waals surface area contributed by atoms with Crippen LogP contribution in [0.5, 0.6) is 5.75 Å². The molecule has 1 aliphatic rings. The number of nitrogens with zero attached hydrogens (tertiary/aromatic N) is 1. The van der Waals surface area contributed by atoms with Crippen molar-refractivity contribution in [1.29, 1.82) is 0 Å². The van der Waals surface area contributed by atoms with Crippen molar-refractivity contribution in [2.45, 2.75) is 13.0 Å². The highest BCUT2D eigenvalue weighted by Crippen LogP contribution is 2.16. The Morgan fingerprint density at radius 3 is 2.61 bits per heavy atom. The van der Waals surface area contributed by atoms with Crippen molar-refractivity contribution in [2.24, 2.45) is 0 Å². The van der Waals surface area contributed by atoms with Crippen LogP contribution in [-0.2, 0) is 9.47 Å². The van der Waals surface area contributed by atoms with Gasteiger partial charge in [-0.05, 0) is 25.1 Å². The van der Waals surface area contributed by atoms with Crippen LogP contribution in [0.4, 0.5) is 0 Å². The fourth-order valence-corrected chi connectivity index (χ4v) is 2.50. The summed E-state index contributed by atoms with van der Waals surface area (Å²) in [6, 6.07) is 3.93. The van der Waals surface area contributed by atoms with Crippen LogP contribution in [0.25, 0.3) is 0 Å². The molecule has 7 heteroatoms. The van der Waals surface area contributed by atoms with E-state index in [1.54, 1.807) is 0 Å². The summed E-state index contributed by atoms with van der Waals surface area (Å²) < 4.78 is 9.90. The molecule has 1 aromatic carbocycles. The number of methoxy groups -OCH3 is 1. The minimum atomic E-state index is -0.601. The number of rotatable bonds is 5. The summed E-state index contributed by atoms with van der Waals surface area (Å²) >= 11 is 0. The fraction of sp³-hybridized carbons (Fsp3) is 0.500. The zero-order valence-electron chi connectivity index (χ0n) is 13.4. The fourth-order valence-electron chi connectivity index (χ4n) is 2.50. The van der Waals surface area contributed by atoms with Crippen LogP contribution in [0.1, 0.15) is 27.6 Å². The molecule has 1 heterocycles. The van der Waals surface area contributed by atoms with E-state index in [9.17, 15) is 14.7 Å². The molecule has 1 amide bonds. The van der Waals surface area contributed by atoms with E-state index in [2.05, 4.69) is 15.0 Å². The number of phenols is 1. The molecular weight excluding hydrogens is 300 g/mol. The van der Waals surface area contributed by atoms with Crippen LogP contribution in [0.2, 0.25) is 0 Å². The second-order valence-electron chi connectivity index (χ2n) is 5.55. The van der Waals surface area contributed by atoms with E-state index in [4.69, 9.17) is 4.74 Å². The number of ether oxygens (including phenoxy) is 2. The van der Waals surface area contributed by atoms with Gasteiger partial charge >= 0.3 is 5.97 Å². The van der Waals surface area contributed by atoms with Crippen molar-refractivity contribution < 1.29 is 24.2 Å². The van der Waals surface area contributed by atoms with Crippen molar-refractivity contribution in [2.75, 3.05) is 40.0 Å². The third-order valence-electron chi connectivity index (χ3n) is 3.61. The lowest BCUT2D eigenvalue weighted by Gasteiger charge is -2.29. The van der Waals surface area contributed by atoms with Crippen LogP contribution in [-0.4, -0.2) is 67.9 Å². The van der Waals surface area contributed by atoms with Gasteiger partial charge in [-0.3, -0.25) is 9.69 Å². The standard InChI is InChI=1S/C16H22N2O5/c1-11(10-18-3-5-23-6-4-18)17-15(20)12-7-13(16(21)22-2)9-14(19)8-12/h7-9,11,19H,3-6,10H2,1-2H3,(H,17,20)/t11-/m0/s1. The molecule has 0 radical (unpaired) electrons. The number of hydrogen-bond acceptors (Lipinski definition) is 6. The Morgan fingerprint density at radius 2 is 1.96 bits per heavy atom. The SMILES string of the molecule is COC(=O)c1cc(O)cc(C(=O)N[C@@H](C)CN2CCOCC2)c1. The first-order valence-corrected chi connectivity index (χ1v) is 7.53. The highest BCUT2D eigenvalue weighted by Gasteiger charge is 2.17. The van der Waals surface area contributed by atoms with E-state index >= 15 is 0 Å². The Balaban J connectivity index is 1.99. The van der Waals surface area contributed by atoms with Gasteiger partial charge in [0.2, 0.25) is 0 Å². The van der Waals surface area contributed by atoms with Crippen molar-refractivity contribution in [3.05, 3.63) is 29.3 Å². The summed E-state index contributed by atoms with van der Waals surface area (Å²) in [5.74, 6) is -1.10. The van der Waals surface area contributed by atoms with E-state index in [1.165, 1.54) is 25.3 Å². The predicted octanol–water partition coefficient (Wildman–Crippen LogP) is 0.629. The molecule has 0 aliphatic carbocycles. The van der Waals surface area contributed by atoms with Gasteiger partial charge in [-0.2, -0.15) is 0 Å². The lowest BCUT2D eigenvalue weighted by atomic mass is 10.1. The molecule has 0 saturated carbocycles. The maximum absolute atomic E-state index is 12.3. The minimum absolute atomic E-state index is 0.0653. The number of phenolic OH excluding ortho intramolecular Hbond substituents is 1. The third-order valence-corrected chi connectivity index (χ3v) is 3.61. The number of amides is 1. The van der Waals surface area contributed by atoms with Crippen LogP contribution in [0.15, 0.2) is 18.2 Å². The monoisotopic (exact) mass is 322 g/mol. The summed E-state index contributed by atoms with van der Waals surface area (Å²) in [6.07, 6.45) is 0. The van der Waals surface area contributed by atoms with Gasteiger partial charge in [0, 0.05) is 31.2 Å². The smallest absolute Gasteiger partial charge is 0.338 e. The molecule has 23 heavy (non-hydrogen) atoms. The van der Waals surface area contributed by atoms with Crippen molar-refractivity contribution in [3.63, 3.8) is 0 Å². The molecule has 1 atom stereocenters. The Morgan fingerprint density at radius 1 is 1.30 bits per heavy atom. The van der Waals surface area contributed by atoms with Crippen molar-refractivity contribution in [1.82, 2.24) is 10.2 Å². The number of carbonyl (C=O) groups excluding carboxylic acids is 2. The average molecular weight is 322 g/mol. The third kappa shape index (κ3) is 4.94. The topological polar surface area (TPSA) is 88.1 Å². The van der Waals surface area contributed by atoms with E-state index < -0.39 is 5.97 Å². The van der Waals surface area contributed by atoms with Gasteiger partial charge in [0.25, 0.3) is 5.91 Å². The lowest BCUT2D eigenvalue weighted by molar-refractivity contribution is 0.0342. The highest BCUT2D eigenvalue weighted by atomic mass is 16.5. The number of hydrogen-bond donors (Lipinski definition) is 2. The van der Waals surface area contributed by atoms with Crippen LogP contribution >= 0.6 is 0 Å². The molecule has 1 saturated heterocycles. The number of morpholine rings is 1. The second-order valence-corrected chi connectivity index (χ2v) is 5.55. The molecule has 0 bridgehead atoms. The zero-order valence-corrected chi connectivity index (χ0v) is 13.4. The summed E-state index contributed by atoms with van der Waals surface area (Å²) in [6.45, 7) is 5.73. The summed E-state index contributed by atoms with van der Waals surface area (Å²) in [4.78, 5) is 26.1. The Hall–Kier alpha value is -2.12. The molecule has 0 aromatic heterocycles. The summed E-state index contributed by atoms with van der Waals surface area (Å²) in [5.41, 5.74) is 0.359. The van der Waals surface area contributed by atoms with E-state index in [1.807, 2.05) is 6.92 Å². The summed E-state index contributed by atoms with van der Waals surface area (Å²) in [7, 11) is 1.25. The van der Waals surface area contributed by atoms with E-state index in [0.29, 0.717) is 13.2 Å². The number of carbonyl (C=O) groups is 2. The normalized spacial score (nSPS) is 16.6. The highest BCUT2D eigenvalue weighted by molar-refractivity contribution is 5.98. The van der Waals surface area contributed by atoms with Gasteiger partial charge in [0.15, 0.2) is 0 Å². The van der Waals surface area contributed by atoms with Gasteiger partial charge in [-0.15, -0.1) is 0 Å². The number of benzene rings is 1. The Bertz CT molecular complexity index is 570. The Kier molecular flexibility index (Phi) is 5.95. The first kappa shape index (κ1) is 17.2. The molecule has 0 spiro atoms. The number of aromatic hydroxyl groups is 1. The molecule has 126 valence electrons. The van der Waals surface area contributed by atoms with Gasteiger partial charge in [-0.1, -0.05) is 0 Å². The molecule has 2 rings (SSSR count). The second kappa shape index (κ2) is 7.94. The average Bonchev–Trinajstić information content (AvgIpc) is 2.54. The van der Waals surface area contributed by atoms with Crippen LogP contribution in [0, 0.1) is 0 Å². The van der Waals surface area contributed by atoms with Gasteiger partial charge in [0.05, 0.1) is 25.9 Å². The molecule has 1 aromatic rings. The maximum Gasteiger partial charge on any atom is 0.338 e. The van der Waals surface area contributed by atoms with E-state index in [-0.39, 0.29) is 28.8 Å². The molecule has 0 unspecified atom stereocenters. The molecule has 1 fully saturated rings. The molecular formula is C16H22N2O5. The van der Waals surface area contributed by atoms with Crippen molar-refractivity contribution in [3.8, 4) is 5.75 Å². The largest absolute Gasteiger partial charge is 0.508 e. The molecule has 2 N–H and O–H groups in total. The molecule has 1 aliphatic heterocycles. The predicted molar refractivity (Wildman–Crippen MR) is 83.6 cm³/mol. The Labute approximate surface area is 135 Å². The van der Waals surface area contributed by atoms with Gasteiger partial charge in [0.1, 0.15) is 5.75 Å². The van der Waals surface area contributed by atoms with Gasteiger partial charge in [-0.25, -0.2) is 4.79 Å². The minimum Gasteiger partial charge on any atom is -0.508 e. The summed E-state index contributed by atoms with van der Waals surface area (Å²) in [5, 5.41) is 12.5. The lowest BCUT2D eigenvalue weighted by Crippen LogP contribution is -2.46. The quantitative estimate of drug-likeness (QED) is 0.773. The van der Waals surface area contributed by atoms with Crippen molar-refractivity contribution >= 4 is 11.9 Å². The van der Waals surface area contributed by atoms with Crippen LogP contribution < -0.4 is 5.32 Å².